The third kappa shape index (κ3) is 5.49. The van der Waals surface area contributed by atoms with Crippen molar-refractivity contribution in [3.8, 4) is 11.5 Å². The zero-order valence-electron chi connectivity index (χ0n) is 12.5. The van der Waals surface area contributed by atoms with Gasteiger partial charge in [0.05, 0.1) is 13.7 Å². The lowest BCUT2D eigenvalue weighted by Crippen LogP contribution is -2.21. The molecule has 0 aromatic heterocycles. The van der Waals surface area contributed by atoms with Gasteiger partial charge in [-0.25, -0.2) is 0 Å². The maximum Gasteiger partial charge on any atom is 0.165 e. The van der Waals surface area contributed by atoms with Crippen LogP contribution in [-0.4, -0.2) is 45.8 Å². The normalized spacial score (nSPS) is 10.8. The molecule has 1 rings (SSSR count). The summed E-state index contributed by atoms with van der Waals surface area (Å²) < 4.78 is 11.0. The van der Waals surface area contributed by atoms with Gasteiger partial charge in [0.2, 0.25) is 0 Å². The van der Waals surface area contributed by atoms with Gasteiger partial charge < -0.3 is 19.7 Å². The number of nitrogens with zero attached hydrogens (tertiary/aromatic N) is 1. The summed E-state index contributed by atoms with van der Waals surface area (Å²) in [7, 11) is 5.86. The molecule has 0 saturated heterocycles. The maximum absolute atomic E-state index is 5.68. The van der Waals surface area contributed by atoms with E-state index in [0.29, 0.717) is 6.61 Å². The quantitative estimate of drug-likeness (QED) is 0.694. The van der Waals surface area contributed by atoms with Gasteiger partial charge >= 0.3 is 0 Å². The molecule has 0 bridgehead atoms. The molecule has 0 unspecified atom stereocenters. The van der Waals surface area contributed by atoms with Crippen LogP contribution in [0.3, 0.4) is 0 Å². The predicted molar refractivity (Wildman–Crippen MR) is 79.0 cm³/mol. The van der Waals surface area contributed by atoms with E-state index in [1.165, 1.54) is 0 Å². The third-order valence-corrected chi connectivity index (χ3v) is 2.84. The van der Waals surface area contributed by atoms with Gasteiger partial charge in [0.25, 0.3) is 0 Å². The van der Waals surface area contributed by atoms with E-state index < -0.39 is 0 Å². The minimum absolute atomic E-state index is 0.647. The largest absolute Gasteiger partial charge is 0.493 e. The Bertz CT molecular complexity index is 367. The summed E-state index contributed by atoms with van der Waals surface area (Å²) >= 11 is 0. The van der Waals surface area contributed by atoms with Gasteiger partial charge in [-0.3, -0.25) is 0 Å². The van der Waals surface area contributed by atoms with E-state index in [2.05, 4.69) is 30.4 Å². The van der Waals surface area contributed by atoms with Crippen molar-refractivity contribution in [1.29, 1.82) is 0 Å². The molecule has 0 heterocycles. The molecule has 1 aromatic rings. The highest BCUT2D eigenvalue weighted by atomic mass is 16.5. The van der Waals surface area contributed by atoms with Crippen molar-refractivity contribution in [3.63, 3.8) is 0 Å². The first-order chi connectivity index (χ1) is 9.19. The van der Waals surface area contributed by atoms with Crippen LogP contribution in [0.25, 0.3) is 0 Å². The first-order valence-corrected chi connectivity index (χ1v) is 6.83. The Morgan fingerprint density at radius 1 is 1.26 bits per heavy atom. The Morgan fingerprint density at radius 3 is 2.68 bits per heavy atom. The standard InChI is InChI=1S/C15H26N2O2/c1-5-19-15-13(8-6-9-14(15)18-4)12-16-10-7-11-17(2)3/h6,8-9,16H,5,7,10-12H2,1-4H3. The molecule has 0 aliphatic rings. The summed E-state index contributed by atoms with van der Waals surface area (Å²) in [5.74, 6) is 1.65. The zero-order chi connectivity index (χ0) is 14.1. The minimum Gasteiger partial charge on any atom is -0.493 e. The van der Waals surface area contributed by atoms with E-state index in [1.54, 1.807) is 7.11 Å². The van der Waals surface area contributed by atoms with E-state index >= 15 is 0 Å². The lowest BCUT2D eigenvalue weighted by atomic mass is 10.2. The third-order valence-electron chi connectivity index (χ3n) is 2.84. The first kappa shape index (κ1) is 15.8. The van der Waals surface area contributed by atoms with Crippen molar-refractivity contribution in [1.82, 2.24) is 10.2 Å². The number of nitrogens with one attached hydrogen (secondary N) is 1. The van der Waals surface area contributed by atoms with E-state index in [9.17, 15) is 0 Å². The van der Waals surface area contributed by atoms with Crippen LogP contribution in [0.5, 0.6) is 11.5 Å². The van der Waals surface area contributed by atoms with E-state index in [1.807, 2.05) is 19.1 Å². The molecular weight excluding hydrogens is 240 g/mol. The summed E-state index contributed by atoms with van der Waals surface area (Å²) in [5.41, 5.74) is 1.14. The highest BCUT2D eigenvalue weighted by Gasteiger charge is 2.09. The highest BCUT2D eigenvalue weighted by molar-refractivity contribution is 5.46. The summed E-state index contributed by atoms with van der Waals surface area (Å²) in [6.07, 6.45) is 1.14. The van der Waals surface area contributed by atoms with Crippen molar-refractivity contribution in [3.05, 3.63) is 23.8 Å². The SMILES string of the molecule is CCOc1c(CNCCCN(C)C)cccc1OC. The van der Waals surface area contributed by atoms with Crippen LogP contribution in [0.4, 0.5) is 0 Å². The Balaban J connectivity index is 2.52. The van der Waals surface area contributed by atoms with E-state index in [4.69, 9.17) is 9.47 Å². The van der Waals surface area contributed by atoms with Crippen LogP contribution in [-0.2, 0) is 6.54 Å². The number of hydrogen-bond acceptors (Lipinski definition) is 4. The molecule has 4 nitrogen and oxygen atoms in total. The summed E-state index contributed by atoms with van der Waals surface area (Å²) in [6, 6.07) is 6.01. The molecule has 4 heteroatoms. The number of methoxy groups -OCH3 is 1. The molecule has 0 spiro atoms. The molecule has 0 radical (unpaired) electrons. The molecule has 0 fully saturated rings. The van der Waals surface area contributed by atoms with Gasteiger partial charge in [0.15, 0.2) is 11.5 Å². The van der Waals surface area contributed by atoms with Gasteiger partial charge in [0.1, 0.15) is 0 Å². The smallest absolute Gasteiger partial charge is 0.165 e. The average Bonchev–Trinajstić information content (AvgIpc) is 2.39. The number of para-hydroxylation sites is 1. The molecule has 19 heavy (non-hydrogen) atoms. The van der Waals surface area contributed by atoms with Crippen molar-refractivity contribution in [2.24, 2.45) is 0 Å². The van der Waals surface area contributed by atoms with Gasteiger partial charge in [-0.15, -0.1) is 0 Å². The summed E-state index contributed by atoms with van der Waals surface area (Å²) in [6.45, 7) is 5.54. The highest BCUT2D eigenvalue weighted by Crippen LogP contribution is 2.30. The number of hydrogen-bond donors (Lipinski definition) is 1. The molecule has 1 aromatic carbocycles. The first-order valence-electron chi connectivity index (χ1n) is 6.83. The lowest BCUT2D eigenvalue weighted by Gasteiger charge is -2.15. The topological polar surface area (TPSA) is 33.7 Å². The van der Waals surface area contributed by atoms with Gasteiger partial charge in [-0.2, -0.15) is 0 Å². The second-order valence-electron chi connectivity index (χ2n) is 4.72. The van der Waals surface area contributed by atoms with Crippen molar-refractivity contribution in [2.75, 3.05) is 40.9 Å². The van der Waals surface area contributed by atoms with Gasteiger partial charge in [-0.05, 0) is 46.6 Å². The molecule has 0 amide bonds. The average molecular weight is 266 g/mol. The van der Waals surface area contributed by atoms with Gasteiger partial charge in [-0.1, -0.05) is 12.1 Å². The number of ether oxygens (including phenoxy) is 2. The molecule has 0 aliphatic heterocycles. The second-order valence-corrected chi connectivity index (χ2v) is 4.72. The van der Waals surface area contributed by atoms with Crippen LogP contribution in [0.1, 0.15) is 18.9 Å². The van der Waals surface area contributed by atoms with Crippen molar-refractivity contribution in [2.45, 2.75) is 19.9 Å². The Labute approximate surface area is 116 Å². The molecule has 0 aliphatic carbocycles. The predicted octanol–water partition coefficient (Wildman–Crippen LogP) is 2.14. The zero-order valence-corrected chi connectivity index (χ0v) is 12.5. The van der Waals surface area contributed by atoms with Crippen LogP contribution >= 0.6 is 0 Å². The van der Waals surface area contributed by atoms with Crippen molar-refractivity contribution >= 4 is 0 Å². The minimum atomic E-state index is 0.647. The number of benzene rings is 1. The van der Waals surface area contributed by atoms with Crippen LogP contribution in [0.15, 0.2) is 18.2 Å². The summed E-state index contributed by atoms with van der Waals surface area (Å²) in [5, 5.41) is 3.44. The maximum atomic E-state index is 5.68. The Hall–Kier alpha value is -1.26. The van der Waals surface area contributed by atoms with Crippen LogP contribution in [0, 0.1) is 0 Å². The number of rotatable bonds is 9. The molecule has 0 saturated carbocycles. The molecule has 1 N–H and O–H groups in total. The molecular formula is C15H26N2O2. The van der Waals surface area contributed by atoms with Crippen molar-refractivity contribution < 1.29 is 9.47 Å². The lowest BCUT2D eigenvalue weighted by molar-refractivity contribution is 0.306. The fourth-order valence-corrected chi connectivity index (χ4v) is 1.91. The van der Waals surface area contributed by atoms with Crippen LogP contribution < -0.4 is 14.8 Å². The van der Waals surface area contributed by atoms with Gasteiger partial charge in [0, 0.05) is 12.1 Å². The fourth-order valence-electron chi connectivity index (χ4n) is 1.91. The van der Waals surface area contributed by atoms with E-state index in [-0.39, 0.29) is 0 Å². The Morgan fingerprint density at radius 2 is 2.05 bits per heavy atom. The second kappa shape index (κ2) is 8.77. The molecule has 0 atom stereocenters. The monoisotopic (exact) mass is 266 g/mol. The summed E-state index contributed by atoms with van der Waals surface area (Å²) in [4.78, 5) is 2.19. The molecule has 108 valence electrons. The fraction of sp³-hybridized carbons (Fsp3) is 0.600. The van der Waals surface area contributed by atoms with E-state index in [0.717, 1.165) is 43.1 Å². The Kier molecular flexibility index (Phi) is 7.30. The van der Waals surface area contributed by atoms with Crippen LogP contribution in [0.2, 0.25) is 0 Å².